The number of aliphatic hydroxyl groups is 1. The van der Waals surface area contributed by atoms with Crippen LogP contribution < -0.4 is 0 Å². The van der Waals surface area contributed by atoms with Gasteiger partial charge in [-0.2, -0.15) is 0 Å². The average Bonchev–Trinajstić information content (AvgIpc) is 2.43. The van der Waals surface area contributed by atoms with E-state index in [4.69, 9.17) is 0 Å². The second kappa shape index (κ2) is 7.55. The Labute approximate surface area is 127 Å². The maximum Gasteiger partial charge on any atom is 0.124 e. The SMILES string of the molecule is OC(CCCc1ccccc1)Cc1ccc(F)cc1Br. The van der Waals surface area contributed by atoms with Gasteiger partial charge in [0.25, 0.3) is 0 Å². The van der Waals surface area contributed by atoms with Gasteiger partial charge in [0.2, 0.25) is 0 Å². The van der Waals surface area contributed by atoms with Crippen molar-refractivity contribution >= 4 is 15.9 Å². The molecule has 0 aliphatic heterocycles. The van der Waals surface area contributed by atoms with Gasteiger partial charge in [0.05, 0.1) is 6.10 Å². The lowest BCUT2D eigenvalue weighted by Crippen LogP contribution is -2.11. The molecule has 3 heteroatoms. The first kappa shape index (κ1) is 15.2. The van der Waals surface area contributed by atoms with Crippen molar-refractivity contribution < 1.29 is 9.50 Å². The van der Waals surface area contributed by atoms with Crippen LogP contribution in [0.3, 0.4) is 0 Å². The van der Waals surface area contributed by atoms with E-state index in [0.29, 0.717) is 6.42 Å². The van der Waals surface area contributed by atoms with E-state index >= 15 is 0 Å². The van der Waals surface area contributed by atoms with Crippen LogP contribution in [0.25, 0.3) is 0 Å². The van der Waals surface area contributed by atoms with Gasteiger partial charge in [-0.3, -0.25) is 0 Å². The van der Waals surface area contributed by atoms with E-state index in [0.717, 1.165) is 29.3 Å². The first-order valence-corrected chi connectivity index (χ1v) is 7.60. The average molecular weight is 337 g/mol. The van der Waals surface area contributed by atoms with Crippen molar-refractivity contribution in [2.75, 3.05) is 0 Å². The maximum absolute atomic E-state index is 13.0. The fourth-order valence-corrected chi connectivity index (χ4v) is 2.74. The highest BCUT2D eigenvalue weighted by molar-refractivity contribution is 9.10. The Morgan fingerprint density at radius 1 is 1.10 bits per heavy atom. The fourth-order valence-electron chi connectivity index (χ4n) is 2.23. The third-order valence-corrected chi connectivity index (χ3v) is 4.05. The Morgan fingerprint density at radius 3 is 2.55 bits per heavy atom. The van der Waals surface area contributed by atoms with Crippen LogP contribution in [0.15, 0.2) is 53.0 Å². The molecule has 0 bridgehead atoms. The molecule has 0 spiro atoms. The molecular formula is C17H18BrFO. The number of aryl methyl sites for hydroxylation is 1. The summed E-state index contributed by atoms with van der Waals surface area (Å²) < 4.78 is 13.7. The molecule has 0 heterocycles. The molecule has 0 aliphatic rings. The first-order valence-electron chi connectivity index (χ1n) is 6.81. The van der Waals surface area contributed by atoms with Crippen molar-refractivity contribution in [3.05, 3.63) is 69.9 Å². The van der Waals surface area contributed by atoms with Crippen LogP contribution >= 0.6 is 15.9 Å². The molecule has 0 radical (unpaired) electrons. The van der Waals surface area contributed by atoms with E-state index in [9.17, 15) is 9.50 Å². The Hall–Kier alpha value is -1.19. The molecule has 0 amide bonds. The Kier molecular flexibility index (Phi) is 5.74. The van der Waals surface area contributed by atoms with E-state index in [1.807, 2.05) is 18.2 Å². The number of hydrogen-bond donors (Lipinski definition) is 1. The molecule has 2 rings (SSSR count). The van der Waals surface area contributed by atoms with Crippen molar-refractivity contribution in [1.29, 1.82) is 0 Å². The monoisotopic (exact) mass is 336 g/mol. The van der Waals surface area contributed by atoms with E-state index < -0.39 is 0 Å². The van der Waals surface area contributed by atoms with Gasteiger partial charge in [0.15, 0.2) is 0 Å². The quantitative estimate of drug-likeness (QED) is 0.822. The molecule has 1 unspecified atom stereocenters. The van der Waals surface area contributed by atoms with Gasteiger partial charge in [0, 0.05) is 4.47 Å². The van der Waals surface area contributed by atoms with Crippen LogP contribution in [0.5, 0.6) is 0 Å². The lowest BCUT2D eigenvalue weighted by molar-refractivity contribution is 0.162. The van der Waals surface area contributed by atoms with Crippen LogP contribution in [0, 0.1) is 5.82 Å². The third kappa shape index (κ3) is 4.73. The molecule has 2 aromatic carbocycles. The summed E-state index contributed by atoms with van der Waals surface area (Å²) in [5.74, 6) is -0.265. The molecule has 106 valence electrons. The van der Waals surface area contributed by atoms with Gasteiger partial charge in [0.1, 0.15) is 5.82 Å². The highest BCUT2D eigenvalue weighted by atomic mass is 79.9. The number of rotatable bonds is 6. The molecule has 0 fully saturated rings. The van der Waals surface area contributed by atoms with Crippen LogP contribution in [0.2, 0.25) is 0 Å². The van der Waals surface area contributed by atoms with Gasteiger partial charge in [-0.25, -0.2) is 4.39 Å². The molecule has 0 aliphatic carbocycles. The lowest BCUT2D eigenvalue weighted by atomic mass is 10.0. The number of aliphatic hydroxyl groups excluding tert-OH is 1. The summed E-state index contributed by atoms with van der Waals surface area (Å²) >= 11 is 3.33. The second-order valence-electron chi connectivity index (χ2n) is 4.97. The molecule has 0 saturated heterocycles. The van der Waals surface area contributed by atoms with E-state index in [1.165, 1.54) is 17.7 Å². The van der Waals surface area contributed by atoms with Gasteiger partial charge < -0.3 is 5.11 Å². The van der Waals surface area contributed by atoms with Crippen LogP contribution in [-0.4, -0.2) is 11.2 Å². The second-order valence-corrected chi connectivity index (χ2v) is 5.83. The van der Waals surface area contributed by atoms with Gasteiger partial charge >= 0.3 is 0 Å². The fraction of sp³-hybridized carbons (Fsp3) is 0.294. The summed E-state index contributed by atoms with van der Waals surface area (Å²) in [6.07, 6.45) is 2.83. The Bertz CT molecular complexity index is 542. The molecule has 1 N–H and O–H groups in total. The van der Waals surface area contributed by atoms with Crippen LogP contribution in [0.4, 0.5) is 4.39 Å². The van der Waals surface area contributed by atoms with Crippen molar-refractivity contribution in [2.45, 2.75) is 31.8 Å². The van der Waals surface area contributed by atoms with Crippen molar-refractivity contribution in [3.63, 3.8) is 0 Å². The normalized spacial score (nSPS) is 12.3. The molecule has 0 saturated carbocycles. The predicted molar refractivity (Wildman–Crippen MR) is 83.2 cm³/mol. The summed E-state index contributed by atoms with van der Waals surface area (Å²) in [4.78, 5) is 0. The summed E-state index contributed by atoms with van der Waals surface area (Å²) in [7, 11) is 0. The highest BCUT2D eigenvalue weighted by Crippen LogP contribution is 2.20. The van der Waals surface area contributed by atoms with E-state index in [2.05, 4.69) is 28.1 Å². The third-order valence-electron chi connectivity index (χ3n) is 3.32. The van der Waals surface area contributed by atoms with Crippen LogP contribution in [-0.2, 0) is 12.8 Å². The molecule has 20 heavy (non-hydrogen) atoms. The van der Waals surface area contributed by atoms with Crippen molar-refractivity contribution in [1.82, 2.24) is 0 Å². The standard InChI is InChI=1S/C17H18BrFO/c18-17-12-15(19)10-9-14(17)11-16(20)8-4-7-13-5-2-1-3-6-13/h1-3,5-6,9-10,12,16,20H,4,7-8,11H2. The minimum atomic E-state index is -0.388. The zero-order valence-corrected chi connectivity index (χ0v) is 12.8. The zero-order valence-electron chi connectivity index (χ0n) is 11.2. The highest BCUT2D eigenvalue weighted by Gasteiger charge is 2.09. The largest absolute Gasteiger partial charge is 0.393 e. The smallest absolute Gasteiger partial charge is 0.124 e. The van der Waals surface area contributed by atoms with Crippen LogP contribution in [0.1, 0.15) is 24.0 Å². The molecule has 0 aromatic heterocycles. The topological polar surface area (TPSA) is 20.2 Å². The number of halogens is 2. The summed E-state index contributed by atoms with van der Waals surface area (Å²) in [6, 6.07) is 14.8. The molecule has 2 aromatic rings. The van der Waals surface area contributed by atoms with Crippen molar-refractivity contribution in [2.24, 2.45) is 0 Å². The van der Waals surface area contributed by atoms with Crippen molar-refractivity contribution in [3.8, 4) is 0 Å². The molecular weight excluding hydrogens is 319 g/mol. The zero-order chi connectivity index (χ0) is 14.4. The first-order chi connectivity index (χ1) is 9.65. The Balaban J connectivity index is 1.79. The van der Waals surface area contributed by atoms with E-state index in [1.54, 1.807) is 6.07 Å². The van der Waals surface area contributed by atoms with E-state index in [-0.39, 0.29) is 11.9 Å². The Morgan fingerprint density at radius 2 is 1.85 bits per heavy atom. The van der Waals surface area contributed by atoms with Gasteiger partial charge in [-0.05, 0) is 48.9 Å². The predicted octanol–water partition coefficient (Wildman–Crippen LogP) is 4.51. The maximum atomic E-state index is 13.0. The molecule has 1 atom stereocenters. The molecule has 1 nitrogen and oxygen atoms in total. The number of hydrogen-bond acceptors (Lipinski definition) is 1. The van der Waals surface area contributed by atoms with Gasteiger partial charge in [-0.1, -0.05) is 52.3 Å². The minimum Gasteiger partial charge on any atom is -0.393 e. The number of benzene rings is 2. The lowest BCUT2D eigenvalue weighted by Gasteiger charge is -2.12. The summed E-state index contributed by atoms with van der Waals surface area (Å²) in [6.45, 7) is 0. The summed E-state index contributed by atoms with van der Waals surface area (Å²) in [5, 5.41) is 10.1. The summed E-state index contributed by atoms with van der Waals surface area (Å²) in [5.41, 5.74) is 2.24. The minimum absolute atomic E-state index is 0.265. The van der Waals surface area contributed by atoms with Gasteiger partial charge in [-0.15, -0.1) is 0 Å².